The molecule has 2 amide bonds. The number of nitriles is 1. The van der Waals surface area contributed by atoms with Crippen LogP contribution in [0.3, 0.4) is 0 Å². The molecular weight excluding hydrogens is 442 g/mol. The van der Waals surface area contributed by atoms with Crippen LogP contribution in [0.1, 0.15) is 18.4 Å². The van der Waals surface area contributed by atoms with Crippen LogP contribution in [-0.2, 0) is 0 Å². The van der Waals surface area contributed by atoms with Gasteiger partial charge in [0.2, 0.25) is 0 Å². The zero-order valence-electron chi connectivity index (χ0n) is 18.2. The van der Waals surface area contributed by atoms with Crippen molar-refractivity contribution >= 4 is 34.2 Å². The molecule has 0 spiro atoms. The summed E-state index contributed by atoms with van der Waals surface area (Å²) < 4.78 is 12.1. The number of ether oxygens (including phenoxy) is 2. The number of amides is 2. The second-order valence-electron chi connectivity index (χ2n) is 7.74. The lowest BCUT2D eigenvalue weighted by Gasteiger charge is -2.23. The number of nitrogens with zero attached hydrogens (tertiary/aromatic N) is 2. The molecule has 8 nitrogen and oxygen atoms in total. The van der Waals surface area contributed by atoms with Gasteiger partial charge in [0, 0.05) is 30.8 Å². The fraction of sp³-hybridized carbons (Fsp3) is 0.292. The number of carbonyl (C=O) groups excluding carboxylic acids is 1. The van der Waals surface area contributed by atoms with Crippen molar-refractivity contribution in [2.45, 2.75) is 12.8 Å². The first-order chi connectivity index (χ1) is 16.1. The molecule has 0 aliphatic carbocycles. The first-order valence-electron chi connectivity index (χ1n) is 10.7. The normalized spacial score (nSPS) is 13.8. The Bertz CT molecular complexity index is 1200. The Morgan fingerprint density at radius 1 is 1.24 bits per heavy atom. The highest BCUT2D eigenvalue weighted by Crippen LogP contribution is 2.35. The highest BCUT2D eigenvalue weighted by molar-refractivity contribution is 6.33. The molecule has 3 aromatic rings. The molecule has 1 saturated heterocycles. The van der Waals surface area contributed by atoms with E-state index in [9.17, 15) is 10.1 Å². The predicted octanol–water partition coefficient (Wildman–Crippen LogP) is 4.68. The minimum atomic E-state index is -0.368. The van der Waals surface area contributed by atoms with Gasteiger partial charge < -0.3 is 25.4 Å². The second-order valence-corrected chi connectivity index (χ2v) is 8.15. The summed E-state index contributed by atoms with van der Waals surface area (Å²) in [6, 6.07) is 12.1. The zero-order valence-corrected chi connectivity index (χ0v) is 18.9. The minimum absolute atomic E-state index is 0.334. The lowest BCUT2D eigenvalue weighted by molar-refractivity contribution is 0.215. The molecule has 0 radical (unpaired) electrons. The number of rotatable bonds is 6. The van der Waals surface area contributed by atoms with Crippen LogP contribution in [0.2, 0.25) is 5.02 Å². The zero-order chi connectivity index (χ0) is 23.2. The van der Waals surface area contributed by atoms with Crippen molar-refractivity contribution in [1.82, 2.24) is 15.6 Å². The molecule has 0 bridgehead atoms. The van der Waals surface area contributed by atoms with Crippen molar-refractivity contribution < 1.29 is 14.3 Å². The fourth-order valence-electron chi connectivity index (χ4n) is 3.67. The van der Waals surface area contributed by atoms with E-state index in [0.717, 1.165) is 25.9 Å². The van der Waals surface area contributed by atoms with E-state index in [4.69, 9.17) is 21.1 Å². The molecule has 2 heterocycles. The summed E-state index contributed by atoms with van der Waals surface area (Å²) in [6.07, 6.45) is 3.76. The minimum Gasteiger partial charge on any atom is -0.492 e. The maximum absolute atomic E-state index is 11.5. The van der Waals surface area contributed by atoms with Crippen LogP contribution in [0.15, 0.2) is 42.6 Å². The molecule has 1 aliphatic heterocycles. The van der Waals surface area contributed by atoms with E-state index in [-0.39, 0.29) is 6.03 Å². The van der Waals surface area contributed by atoms with E-state index in [1.165, 1.54) is 7.05 Å². The van der Waals surface area contributed by atoms with Crippen molar-refractivity contribution in [3.05, 3.63) is 53.2 Å². The summed E-state index contributed by atoms with van der Waals surface area (Å²) in [6.45, 7) is 2.56. The Kier molecular flexibility index (Phi) is 7.13. The van der Waals surface area contributed by atoms with Crippen LogP contribution in [-0.4, -0.2) is 37.8 Å². The third-order valence-electron chi connectivity index (χ3n) is 5.50. The van der Waals surface area contributed by atoms with Crippen molar-refractivity contribution in [2.75, 3.05) is 32.1 Å². The highest BCUT2D eigenvalue weighted by atomic mass is 35.5. The van der Waals surface area contributed by atoms with Gasteiger partial charge in [0.25, 0.3) is 0 Å². The molecule has 2 aromatic carbocycles. The van der Waals surface area contributed by atoms with Crippen molar-refractivity contribution in [3.8, 4) is 23.3 Å². The summed E-state index contributed by atoms with van der Waals surface area (Å²) in [4.78, 5) is 15.9. The second kappa shape index (κ2) is 10.4. The third kappa shape index (κ3) is 5.45. The number of halogens is 1. The molecule has 3 N–H and O–H groups in total. The summed E-state index contributed by atoms with van der Waals surface area (Å²) >= 11 is 6.28. The summed E-state index contributed by atoms with van der Waals surface area (Å²) in [5.74, 6) is 2.02. The van der Waals surface area contributed by atoms with E-state index in [2.05, 4.69) is 27.0 Å². The van der Waals surface area contributed by atoms with Crippen molar-refractivity contribution in [1.29, 1.82) is 5.26 Å². The first kappa shape index (κ1) is 22.6. The van der Waals surface area contributed by atoms with Gasteiger partial charge in [-0.25, -0.2) is 4.79 Å². The van der Waals surface area contributed by atoms with Crippen LogP contribution in [0, 0.1) is 17.2 Å². The lowest BCUT2D eigenvalue weighted by atomic mass is 9.99. The summed E-state index contributed by atoms with van der Waals surface area (Å²) in [5, 5.41) is 19.2. The van der Waals surface area contributed by atoms with Gasteiger partial charge >= 0.3 is 6.03 Å². The van der Waals surface area contributed by atoms with Crippen LogP contribution >= 0.6 is 11.6 Å². The Balaban J connectivity index is 1.57. The third-order valence-corrected chi connectivity index (χ3v) is 5.81. The Labute approximate surface area is 196 Å². The standard InChI is InChI=1S/C24H24ClN5O3/c1-27-24(31)30-20-3-2-17(11-19(20)25)33-22-6-9-29-21-12-23(16(13-26)10-18(21)22)32-14-15-4-7-28-8-5-15/h2-3,6,9-12,15,28H,4-5,7-8,14H2,1H3,(H2,27,30,31). The number of urea groups is 1. The number of benzene rings is 2. The van der Waals surface area contributed by atoms with Crippen LogP contribution in [0.4, 0.5) is 10.5 Å². The molecule has 1 aromatic heterocycles. The monoisotopic (exact) mass is 465 g/mol. The van der Waals surface area contributed by atoms with Gasteiger partial charge in [-0.15, -0.1) is 0 Å². The lowest BCUT2D eigenvalue weighted by Crippen LogP contribution is -2.30. The highest BCUT2D eigenvalue weighted by Gasteiger charge is 2.16. The average molecular weight is 466 g/mol. The maximum Gasteiger partial charge on any atom is 0.319 e. The van der Waals surface area contributed by atoms with Crippen LogP contribution in [0.25, 0.3) is 10.9 Å². The number of pyridine rings is 1. The van der Waals surface area contributed by atoms with Gasteiger partial charge in [-0.05, 0) is 56.1 Å². The Morgan fingerprint density at radius 3 is 2.79 bits per heavy atom. The molecule has 9 heteroatoms. The topological polar surface area (TPSA) is 108 Å². The molecule has 170 valence electrons. The van der Waals surface area contributed by atoms with Gasteiger partial charge in [0.15, 0.2) is 0 Å². The summed E-state index contributed by atoms with van der Waals surface area (Å²) in [7, 11) is 1.52. The van der Waals surface area contributed by atoms with Crippen molar-refractivity contribution in [2.24, 2.45) is 5.92 Å². The molecule has 1 aliphatic rings. The smallest absolute Gasteiger partial charge is 0.319 e. The van der Waals surface area contributed by atoms with E-state index < -0.39 is 0 Å². The molecule has 1 fully saturated rings. The molecule has 33 heavy (non-hydrogen) atoms. The van der Waals surface area contributed by atoms with E-state index in [1.807, 2.05) is 0 Å². The van der Waals surface area contributed by atoms with E-state index in [1.54, 1.807) is 42.6 Å². The quantitative estimate of drug-likeness (QED) is 0.487. The Morgan fingerprint density at radius 2 is 2.06 bits per heavy atom. The van der Waals surface area contributed by atoms with E-state index >= 15 is 0 Å². The maximum atomic E-state index is 11.5. The molecule has 0 atom stereocenters. The SMILES string of the molecule is CNC(=O)Nc1ccc(Oc2ccnc3cc(OCC4CCNCC4)c(C#N)cc23)cc1Cl. The van der Waals surface area contributed by atoms with Gasteiger partial charge in [-0.3, -0.25) is 4.98 Å². The number of fused-ring (bicyclic) bond motifs is 1. The number of piperidine rings is 1. The predicted molar refractivity (Wildman–Crippen MR) is 127 cm³/mol. The van der Waals surface area contributed by atoms with Crippen LogP contribution < -0.4 is 25.4 Å². The number of aromatic nitrogens is 1. The molecule has 4 rings (SSSR count). The number of nitrogens with one attached hydrogen (secondary N) is 3. The van der Waals surface area contributed by atoms with Gasteiger partial charge in [0.1, 0.15) is 23.3 Å². The first-order valence-corrected chi connectivity index (χ1v) is 11.1. The van der Waals surface area contributed by atoms with Crippen molar-refractivity contribution in [3.63, 3.8) is 0 Å². The largest absolute Gasteiger partial charge is 0.492 e. The van der Waals surface area contributed by atoms with Gasteiger partial charge in [0.05, 0.1) is 28.4 Å². The number of anilines is 1. The molecule has 0 saturated carbocycles. The van der Waals surface area contributed by atoms with E-state index in [0.29, 0.717) is 56.9 Å². The fourth-order valence-corrected chi connectivity index (χ4v) is 3.89. The van der Waals surface area contributed by atoms with Gasteiger partial charge in [-0.1, -0.05) is 11.6 Å². The molecule has 0 unspecified atom stereocenters. The van der Waals surface area contributed by atoms with Crippen LogP contribution in [0.5, 0.6) is 17.2 Å². The molecular formula is C24H24ClN5O3. The summed E-state index contributed by atoms with van der Waals surface area (Å²) in [5.41, 5.74) is 1.55. The number of carbonyl (C=O) groups is 1. The number of hydrogen-bond donors (Lipinski definition) is 3. The van der Waals surface area contributed by atoms with Gasteiger partial charge in [-0.2, -0.15) is 5.26 Å². The Hall–Kier alpha value is -3.54. The number of hydrogen-bond acceptors (Lipinski definition) is 6. The average Bonchev–Trinajstić information content (AvgIpc) is 2.84.